The van der Waals surface area contributed by atoms with Crippen molar-refractivity contribution in [2.45, 2.75) is 24.7 Å². The van der Waals surface area contributed by atoms with Crippen molar-refractivity contribution in [2.24, 2.45) is 0 Å². The van der Waals surface area contributed by atoms with Gasteiger partial charge in [0, 0.05) is 43.0 Å². The molecule has 2 nitrogen and oxygen atoms in total. The quantitative estimate of drug-likeness (QED) is 0.176. The van der Waals surface area contributed by atoms with Crippen molar-refractivity contribution in [1.29, 1.82) is 0 Å². The Labute approximate surface area is 358 Å². The van der Waals surface area contributed by atoms with Crippen molar-refractivity contribution in [3.63, 3.8) is 0 Å². The van der Waals surface area contributed by atoms with E-state index in [9.17, 15) is 0 Å². The van der Waals surface area contributed by atoms with Gasteiger partial charge in [0.2, 0.25) is 0 Å². The number of nitrogens with zero attached hydrogens (tertiary/aromatic N) is 1. The summed E-state index contributed by atoms with van der Waals surface area (Å²) in [4.78, 5) is 2.50. The van der Waals surface area contributed by atoms with Crippen molar-refractivity contribution in [3.05, 3.63) is 234 Å². The van der Waals surface area contributed by atoms with Crippen LogP contribution in [0.1, 0.15) is 47.2 Å². The van der Waals surface area contributed by atoms with Crippen molar-refractivity contribution in [3.8, 4) is 22.3 Å². The van der Waals surface area contributed by atoms with Crippen LogP contribution in [0.3, 0.4) is 0 Å². The largest absolute Gasteiger partial charge is 0.456 e. The lowest BCUT2D eigenvalue weighted by Crippen LogP contribution is -2.40. The van der Waals surface area contributed by atoms with E-state index in [1.807, 2.05) is 17.4 Å². The van der Waals surface area contributed by atoms with Gasteiger partial charge in [0.15, 0.2) is 0 Å². The molecule has 2 heterocycles. The molecule has 0 radical (unpaired) electrons. The van der Waals surface area contributed by atoms with Gasteiger partial charge in [-0.25, -0.2) is 0 Å². The number of hydrogen-bond acceptors (Lipinski definition) is 3. The second-order valence-electron chi connectivity index (χ2n) is 17.2. The van der Waals surface area contributed by atoms with E-state index in [2.05, 4.69) is 213 Å². The number of thiophene rings is 1. The first-order valence-electron chi connectivity index (χ1n) is 21.2. The van der Waals surface area contributed by atoms with Gasteiger partial charge in [0.05, 0.1) is 15.8 Å². The van der Waals surface area contributed by atoms with E-state index in [1.165, 1.54) is 75.9 Å². The smallest absolute Gasteiger partial charge is 0.136 e. The molecule has 13 rings (SSSR count). The third-order valence-electron chi connectivity index (χ3n) is 13.8. The Kier molecular flexibility index (Phi) is 7.19. The first-order valence-corrected chi connectivity index (χ1v) is 22.0. The van der Waals surface area contributed by atoms with Crippen LogP contribution in [-0.2, 0) is 10.8 Å². The Morgan fingerprint density at radius 2 is 1.00 bits per heavy atom. The van der Waals surface area contributed by atoms with Crippen molar-refractivity contribution in [1.82, 2.24) is 0 Å². The molecule has 0 bridgehead atoms. The molecule has 2 aromatic heterocycles. The molecule has 9 aromatic carbocycles. The maximum absolute atomic E-state index is 6.31. The van der Waals surface area contributed by atoms with E-state index in [0.717, 1.165) is 38.9 Å². The molecule has 2 aliphatic carbocycles. The molecule has 3 heteroatoms. The lowest BCUT2D eigenvalue weighted by Gasteiger charge is -2.46. The second kappa shape index (κ2) is 12.7. The summed E-state index contributed by atoms with van der Waals surface area (Å²) < 4.78 is 8.88. The Morgan fingerprint density at radius 3 is 1.79 bits per heavy atom. The summed E-state index contributed by atoms with van der Waals surface area (Å²) in [6.07, 6.45) is 0. The molecular formula is C58H39NOS. The first kappa shape index (κ1) is 34.6. The maximum Gasteiger partial charge on any atom is 0.136 e. The number of benzene rings is 9. The van der Waals surface area contributed by atoms with Crippen molar-refractivity contribution < 1.29 is 4.42 Å². The van der Waals surface area contributed by atoms with Crippen LogP contribution in [0.2, 0.25) is 0 Å². The summed E-state index contributed by atoms with van der Waals surface area (Å²) in [5.74, 6) is 0. The molecule has 0 atom stereocenters. The SMILES string of the molecule is CC1(C)c2ccccc2C2(c3ccccc3-c3ccc(N(c4ccc(-c5cccc6oc7ccccc7c56)cc4)c4cccc5c4sc4ccccc45)cc32)c2ccccc21. The summed E-state index contributed by atoms with van der Waals surface area (Å²) >= 11 is 1.88. The molecular weight excluding hydrogens is 759 g/mol. The van der Waals surface area contributed by atoms with Gasteiger partial charge in [-0.05, 0) is 104 Å². The fourth-order valence-electron chi connectivity index (χ4n) is 11.1. The highest BCUT2D eigenvalue weighted by Crippen LogP contribution is 2.63. The summed E-state index contributed by atoms with van der Waals surface area (Å²) in [7, 11) is 0. The van der Waals surface area contributed by atoms with Crippen LogP contribution < -0.4 is 4.90 Å². The normalized spacial score (nSPS) is 14.3. The van der Waals surface area contributed by atoms with E-state index in [-0.39, 0.29) is 5.41 Å². The zero-order valence-corrected chi connectivity index (χ0v) is 34.6. The predicted molar refractivity (Wildman–Crippen MR) is 256 cm³/mol. The molecule has 0 aliphatic heterocycles. The molecule has 0 N–H and O–H groups in total. The minimum absolute atomic E-state index is 0.161. The van der Waals surface area contributed by atoms with Crippen LogP contribution in [0.4, 0.5) is 17.1 Å². The van der Waals surface area contributed by atoms with Crippen molar-refractivity contribution >= 4 is 70.5 Å². The Morgan fingerprint density at radius 1 is 0.426 bits per heavy atom. The highest BCUT2D eigenvalue weighted by Gasteiger charge is 2.53. The molecule has 288 valence electrons. The lowest BCUT2D eigenvalue weighted by molar-refractivity contribution is 0.563. The van der Waals surface area contributed by atoms with Crippen LogP contribution in [0.15, 0.2) is 205 Å². The molecule has 1 spiro atoms. The molecule has 0 fully saturated rings. The summed E-state index contributed by atoms with van der Waals surface area (Å²) in [6.45, 7) is 4.78. The van der Waals surface area contributed by atoms with E-state index in [1.54, 1.807) is 0 Å². The zero-order chi connectivity index (χ0) is 40.5. The molecule has 2 aliphatic rings. The Bertz CT molecular complexity index is 3540. The molecule has 0 saturated heterocycles. The van der Waals surface area contributed by atoms with E-state index in [4.69, 9.17) is 4.42 Å². The van der Waals surface area contributed by atoms with Gasteiger partial charge in [0.25, 0.3) is 0 Å². The average Bonchev–Trinajstić information content (AvgIpc) is 3.98. The van der Waals surface area contributed by atoms with E-state index >= 15 is 0 Å². The van der Waals surface area contributed by atoms with Crippen molar-refractivity contribution in [2.75, 3.05) is 4.90 Å². The first-order chi connectivity index (χ1) is 30.0. The zero-order valence-electron chi connectivity index (χ0n) is 33.8. The minimum atomic E-state index is -0.490. The van der Waals surface area contributed by atoms with Crippen LogP contribution >= 0.6 is 11.3 Å². The highest BCUT2D eigenvalue weighted by molar-refractivity contribution is 7.26. The number of anilines is 3. The number of para-hydroxylation sites is 1. The van der Waals surface area contributed by atoms with Crippen LogP contribution in [-0.4, -0.2) is 0 Å². The molecule has 0 saturated carbocycles. The third kappa shape index (κ3) is 4.67. The molecule has 0 unspecified atom stereocenters. The van der Waals surface area contributed by atoms with Gasteiger partial charge in [-0.15, -0.1) is 11.3 Å². The number of hydrogen-bond donors (Lipinski definition) is 0. The molecule has 11 aromatic rings. The van der Waals surface area contributed by atoms with E-state index in [0.29, 0.717) is 0 Å². The van der Waals surface area contributed by atoms with Gasteiger partial charge in [-0.3, -0.25) is 0 Å². The van der Waals surface area contributed by atoms with E-state index < -0.39 is 5.41 Å². The fraction of sp³-hybridized carbons (Fsp3) is 0.0690. The third-order valence-corrected chi connectivity index (χ3v) is 15.0. The molecule has 0 amide bonds. The summed E-state index contributed by atoms with van der Waals surface area (Å²) in [6, 6.07) is 74.3. The van der Waals surface area contributed by atoms with Gasteiger partial charge in [-0.2, -0.15) is 0 Å². The fourth-order valence-corrected chi connectivity index (χ4v) is 12.3. The van der Waals surface area contributed by atoms with Crippen LogP contribution in [0.25, 0.3) is 64.4 Å². The topological polar surface area (TPSA) is 16.4 Å². The van der Waals surface area contributed by atoms with Crippen LogP contribution in [0, 0.1) is 0 Å². The standard InChI is InChI=1S/C58H39NOS/c1-57(2)46-21-7-9-23-48(46)58(49-24-10-8-22-47(49)57)45-20-6-3-15-40(45)41-34-33-38(35-50(41)58)59(51-25-13-19-43-42-16-5-12-28-54(42)61-56(43)51)37-31-29-36(30-32-37)39-18-14-27-53-55(39)44-17-4-11-26-52(44)60-53/h3-35H,1-2H3. The number of rotatable bonds is 4. The Balaban J connectivity index is 1.07. The molecule has 61 heavy (non-hydrogen) atoms. The minimum Gasteiger partial charge on any atom is -0.456 e. The number of fused-ring (bicyclic) bond motifs is 15. The predicted octanol–water partition coefficient (Wildman–Crippen LogP) is 16.1. The van der Waals surface area contributed by atoms with Gasteiger partial charge in [0.1, 0.15) is 11.2 Å². The van der Waals surface area contributed by atoms with Crippen LogP contribution in [0.5, 0.6) is 0 Å². The lowest BCUT2D eigenvalue weighted by atomic mass is 9.55. The summed E-state index contributed by atoms with van der Waals surface area (Å²) in [5.41, 5.74) is 17.7. The number of furan rings is 1. The monoisotopic (exact) mass is 797 g/mol. The van der Waals surface area contributed by atoms with Gasteiger partial charge in [-0.1, -0.05) is 166 Å². The van der Waals surface area contributed by atoms with Gasteiger partial charge < -0.3 is 9.32 Å². The van der Waals surface area contributed by atoms with Gasteiger partial charge >= 0.3 is 0 Å². The second-order valence-corrected chi connectivity index (χ2v) is 18.2. The summed E-state index contributed by atoms with van der Waals surface area (Å²) in [5, 5.41) is 4.86. The average molecular weight is 798 g/mol. The maximum atomic E-state index is 6.31. The highest BCUT2D eigenvalue weighted by atomic mass is 32.1. The Hall–Kier alpha value is -7.20.